The quantitative estimate of drug-likeness (QED) is 0.844. The average molecular weight is 238 g/mol. The lowest BCUT2D eigenvalue weighted by molar-refractivity contribution is 0.192. The molecule has 1 unspecified atom stereocenters. The second-order valence-electron chi connectivity index (χ2n) is 5.20. The molecule has 1 aliphatic rings. The fraction of sp³-hybridized carbons (Fsp3) is 0.250. The van der Waals surface area contributed by atoms with Gasteiger partial charge in [0.25, 0.3) is 0 Å². The SMILES string of the molecule is C[C@]1(N)NCC1c1ccc(-c2ccccc2)cc1. The van der Waals surface area contributed by atoms with E-state index in [0.717, 1.165) is 6.54 Å². The van der Waals surface area contributed by atoms with Crippen LogP contribution in [-0.2, 0) is 0 Å². The Hall–Kier alpha value is -1.64. The maximum absolute atomic E-state index is 6.14. The van der Waals surface area contributed by atoms with Gasteiger partial charge in [0.1, 0.15) is 0 Å². The van der Waals surface area contributed by atoms with Gasteiger partial charge in [-0.3, -0.25) is 5.32 Å². The molecule has 0 aromatic heterocycles. The molecule has 2 aromatic rings. The zero-order valence-electron chi connectivity index (χ0n) is 10.6. The Labute approximate surface area is 108 Å². The van der Waals surface area contributed by atoms with E-state index in [1.807, 2.05) is 13.0 Å². The van der Waals surface area contributed by atoms with Crippen LogP contribution >= 0.6 is 0 Å². The molecule has 2 atom stereocenters. The Kier molecular flexibility index (Phi) is 2.69. The third kappa shape index (κ3) is 1.94. The van der Waals surface area contributed by atoms with E-state index in [-0.39, 0.29) is 5.66 Å². The summed E-state index contributed by atoms with van der Waals surface area (Å²) in [5, 5.41) is 3.26. The van der Waals surface area contributed by atoms with Crippen LogP contribution in [0.5, 0.6) is 0 Å². The molecule has 2 heteroatoms. The number of nitrogens with one attached hydrogen (secondary N) is 1. The van der Waals surface area contributed by atoms with Gasteiger partial charge < -0.3 is 5.73 Å². The van der Waals surface area contributed by atoms with E-state index in [1.165, 1.54) is 16.7 Å². The normalized spacial score (nSPS) is 26.7. The monoisotopic (exact) mass is 238 g/mol. The first-order valence-corrected chi connectivity index (χ1v) is 6.36. The first kappa shape index (κ1) is 11.5. The van der Waals surface area contributed by atoms with Gasteiger partial charge in [0, 0.05) is 12.5 Å². The predicted molar refractivity (Wildman–Crippen MR) is 75.2 cm³/mol. The zero-order valence-corrected chi connectivity index (χ0v) is 10.6. The first-order chi connectivity index (χ1) is 8.67. The smallest absolute Gasteiger partial charge is 0.0715 e. The van der Waals surface area contributed by atoms with Crippen molar-refractivity contribution in [3.05, 3.63) is 60.2 Å². The maximum atomic E-state index is 6.14. The fourth-order valence-corrected chi connectivity index (χ4v) is 2.53. The number of hydrogen-bond acceptors (Lipinski definition) is 2. The van der Waals surface area contributed by atoms with Gasteiger partial charge in [-0.25, -0.2) is 0 Å². The predicted octanol–water partition coefficient (Wildman–Crippen LogP) is 2.72. The van der Waals surface area contributed by atoms with Crippen LogP contribution in [0.1, 0.15) is 18.4 Å². The van der Waals surface area contributed by atoms with E-state index in [0.29, 0.717) is 5.92 Å². The van der Waals surface area contributed by atoms with Gasteiger partial charge >= 0.3 is 0 Å². The number of benzene rings is 2. The minimum Gasteiger partial charge on any atom is -0.313 e. The van der Waals surface area contributed by atoms with Gasteiger partial charge in [-0.05, 0) is 23.6 Å². The van der Waals surface area contributed by atoms with Crippen LogP contribution in [0.3, 0.4) is 0 Å². The molecular weight excluding hydrogens is 220 g/mol. The van der Waals surface area contributed by atoms with Crippen molar-refractivity contribution in [3.8, 4) is 11.1 Å². The molecule has 92 valence electrons. The summed E-state index contributed by atoms with van der Waals surface area (Å²) in [4.78, 5) is 0. The van der Waals surface area contributed by atoms with Crippen LogP contribution in [0.15, 0.2) is 54.6 Å². The molecule has 18 heavy (non-hydrogen) atoms. The molecule has 1 aliphatic heterocycles. The molecular formula is C16H18N2. The van der Waals surface area contributed by atoms with E-state index in [2.05, 4.69) is 53.8 Å². The molecule has 0 radical (unpaired) electrons. The highest BCUT2D eigenvalue weighted by atomic mass is 15.2. The van der Waals surface area contributed by atoms with Crippen LogP contribution in [0.25, 0.3) is 11.1 Å². The Bertz CT molecular complexity index is 529. The van der Waals surface area contributed by atoms with Crippen LogP contribution in [0.4, 0.5) is 0 Å². The summed E-state index contributed by atoms with van der Waals surface area (Å²) in [7, 11) is 0. The molecule has 0 bridgehead atoms. The second kappa shape index (κ2) is 4.23. The molecule has 3 N–H and O–H groups in total. The first-order valence-electron chi connectivity index (χ1n) is 6.36. The summed E-state index contributed by atoms with van der Waals surface area (Å²) in [5.74, 6) is 0.419. The zero-order chi connectivity index (χ0) is 12.6. The lowest BCUT2D eigenvalue weighted by Gasteiger charge is -2.45. The number of rotatable bonds is 2. The maximum Gasteiger partial charge on any atom is 0.0715 e. The number of hydrogen-bond donors (Lipinski definition) is 2. The summed E-state index contributed by atoms with van der Waals surface area (Å²) in [6.45, 7) is 3.02. The molecule has 3 rings (SSSR count). The fourth-order valence-electron chi connectivity index (χ4n) is 2.53. The third-order valence-electron chi connectivity index (χ3n) is 3.83. The Morgan fingerprint density at radius 1 is 1.00 bits per heavy atom. The summed E-state index contributed by atoms with van der Waals surface area (Å²) < 4.78 is 0. The molecule has 2 aromatic carbocycles. The Balaban J connectivity index is 1.86. The second-order valence-corrected chi connectivity index (χ2v) is 5.20. The highest BCUT2D eigenvalue weighted by Crippen LogP contribution is 2.32. The van der Waals surface area contributed by atoms with Crippen molar-refractivity contribution in [2.45, 2.75) is 18.5 Å². The number of nitrogens with two attached hydrogens (primary N) is 1. The van der Waals surface area contributed by atoms with E-state index in [9.17, 15) is 0 Å². The van der Waals surface area contributed by atoms with Gasteiger partial charge in [0.05, 0.1) is 5.66 Å². The van der Waals surface area contributed by atoms with E-state index < -0.39 is 0 Å². The van der Waals surface area contributed by atoms with Crippen molar-refractivity contribution in [3.63, 3.8) is 0 Å². The van der Waals surface area contributed by atoms with E-state index >= 15 is 0 Å². The van der Waals surface area contributed by atoms with Crippen molar-refractivity contribution in [1.82, 2.24) is 5.32 Å². The third-order valence-corrected chi connectivity index (χ3v) is 3.83. The largest absolute Gasteiger partial charge is 0.313 e. The molecule has 0 amide bonds. The Morgan fingerprint density at radius 2 is 1.61 bits per heavy atom. The minimum absolute atomic E-state index is 0.256. The van der Waals surface area contributed by atoms with Gasteiger partial charge in [-0.1, -0.05) is 54.6 Å². The molecule has 0 spiro atoms. The van der Waals surface area contributed by atoms with Crippen molar-refractivity contribution in [1.29, 1.82) is 0 Å². The Morgan fingerprint density at radius 3 is 2.11 bits per heavy atom. The summed E-state index contributed by atoms with van der Waals surface area (Å²) in [5.41, 5.74) is 9.71. The summed E-state index contributed by atoms with van der Waals surface area (Å²) in [6, 6.07) is 19.2. The van der Waals surface area contributed by atoms with Crippen LogP contribution in [0.2, 0.25) is 0 Å². The highest BCUT2D eigenvalue weighted by Gasteiger charge is 2.39. The van der Waals surface area contributed by atoms with Crippen LogP contribution in [-0.4, -0.2) is 12.2 Å². The van der Waals surface area contributed by atoms with Crippen molar-refractivity contribution in [2.75, 3.05) is 6.54 Å². The molecule has 1 fully saturated rings. The molecule has 0 saturated carbocycles. The van der Waals surface area contributed by atoms with Crippen LogP contribution in [0, 0.1) is 0 Å². The lowest BCUT2D eigenvalue weighted by atomic mass is 9.80. The summed E-state index contributed by atoms with van der Waals surface area (Å²) >= 11 is 0. The van der Waals surface area contributed by atoms with E-state index in [4.69, 9.17) is 5.73 Å². The van der Waals surface area contributed by atoms with Gasteiger partial charge in [-0.2, -0.15) is 0 Å². The van der Waals surface area contributed by atoms with Crippen LogP contribution < -0.4 is 11.1 Å². The van der Waals surface area contributed by atoms with Gasteiger partial charge in [-0.15, -0.1) is 0 Å². The van der Waals surface area contributed by atoms with E-state index in [1.54, 1.807) is 0 Å². The highest BCUT2D eigenvalue weighted by molar-refractivity contribution is 5.63. The van der Waals surface area contributed by atoms with Crippen molar-refractivity contribution >= 4 is 0 Å². The average Bonchev–Trinajstić information content (AvgIpc) is 2.39. The minimum atomic E-state index is -0.256. The standard InChI is InChI=1S/C16H18N2/c1-16(17)15(11-18-16)14-9-7-13(8-10-14)12-5-3-2-4-6-12/h2-10,15,18H,11,17H2,1H3/t15?,16-/m0/s1. The summed E-state index contributed by atoms with van der Waals surface area (Å²) in [6.07, 6.45) is 0. The molecule has 1 saturated heterocycles. The van der Waals surface area contributed by atoms with Gasteiger partial charge in [0.15, 0.2) is 0 Å². The lowest BCUT2D eigenvalue weighted by Crippen LogP contribution is -2.67. The topological polar surface area (TPSA) is 38.0 Å². The van der Waals surface area contributed by atoms with Crippen molar-refractivity contribution in [2.24, 2.45) is 5.73 Å². The van der Waals surface area contributed by atoms with Crippen molar-refractivity contribution < 1.29 is 0 Å². The van der Waals surface area contributed by atoms with Gasteiger partial charge in [0.2, 0.25) is 0 Å². The molecule has 2 nitrogen and oxygen atoms in total. The molecule has 1 heterocycles. The molecule has 0 aliphatic carbocycles.